The Morgan fingerprint density at radius 3 is 2.27 bits per heavy atom. The van der Waals surface area contributed by atoms with Crippen LogP contribution >= 0.6 is 11.6 Å². The highest BCUT2D eigenvalue weighted by atomic mass is 35.5. The molecule has 1 aliphatic heterocycles. The van der Waals surface area contributed by atoms with Crippen LogP contribution in [-0.2, 0) is 21.4 Å². The fraction of sp³-hybridized carbons (Fsp3) is 0.360. The molecule has 7 nitrogen and oxygen atoms in total. The molecule has 0 aliphatic carbocycles. The van der Waals surface area contributed by atoms with Gasteiger partial charge in [0.2, 0.25) is 23.5 Å². The molecule has 4 rings (SSSR count). The summed E-state index contributed by atoms with van der Waals surface area (Å²) in [5.74, 6) is 1.01. The monoisotopic (exact) mass is 466 g/mol. The second kappa shape index (κ2) is 9.75. The summed E-state index contributed by atoms with van der Waals surface area (Å²) in [5.41, 5.74) is 1.19. The molecule has 0 atom stereocenters. The number of aryl methyl sites for hydroxylation is 1. The lowest BCUT2D eigenvalue weighted by atomic mass is 9.83. The first-order valence-electron chi connectivity index (χ1n) is 11.1. The second-order valence-electron chi connectivity index (χ2n) is 8.68. The van der Waals surface area contributed by atoms with Crippen LogP contribution in [0.5, 0.6) is 0 Å². The Morgan fingerprint density at radius 1 is 0.970 bits per heavy atom. The molecule has 2 amide bonds. The van der Waals surface area contributed by atoms with Crippen LogP contribution in [0, 0.1) is 0 Å². The summed E-state index contributed by atoms with van der Waals surface area (Å²) in [5, 5.41) is 4.62. The third-order valence-electron chi connectivity index (χ3n) is 6.07. The predicted molar refractivity (Wildman–Crippen MR) is 126 cm³/mol. The normalized spacial score (nSPS) is 14.4. The number of nitrogens with zero attached hydrogens (tertiary/aromatic N) is 4. The first-order valence-corrected chi connectivity index (χ1v) is 11.4. The minimum atomic E-state index is -0.604. The number of rotatable bonds is 6. The highest BCUT2D eigenvalue weighted by molar-refractivity contribution is 6.30. The number of benzene rings is 2. The molecule has 0 radical (unpaired) electrons. The number of piperazine rings is 1. The van der Waals surface area contributed by atoms with Crippen molar-refractivity contribution in [1.29, 1.82) is 0 Å². The smallest absolute Gasteiger partial charge is 0.232 e. The Bertz CT molecular complexity index is 1100. The van der Waals surface area contributed by atoms with Gasteiger partial charge in [-0.1, -0.05) is 47.1 Å². The van der Waals surface area contributed by atoms with Crippen LogP contribution in [0.25, 0.3) is 11.4 Å². The van der Waals surface area contributed by atoms with Crippen LogP contribution in [0.4, 0.5) is 0 Å². The minimum absolute atomic E-state index is 0.0238. The number of amides is 2. The molecule has 33 heavy (non-hydrogen) atoms. The fourth-order valence-electron chi connectivity index (χ4n) is 3.98. The van der Waals surface area contributed by atoms with Gasteiger partial charge in [0, 0.05) is 49.6 Å². The summed E-state index contributed by atoms with van der Waals surface area (Å²) in [6, 6.07) is 17.0. The molecule has 0 saturated carbocycles. The molecule has 0 N–H and O–H groups in total. The van der Waals surface area contributed by atoms with E-state index in [2.05, 4.69) is 10.1 Å². The molecule has 0 unspecified atom stereocenters. The summed E-state index contributed by atoms with van der Waals surface area (Å²) in [6.45, 7) is 6.00. The van der Waals surface area contributed by atoms with Crippen molar-refractivity contribution in [2.24, 2.45) is 0 Å². The lowest BCUT2D eigenvalue weighted by Gasteiger charge is -2.38. The zero-order valence-electron chi connectivity index (χ0n) is 18.8. The molecular weight excluding hydrogens is 440 g/mol. The van der Waals surface area contributed by atoms with Gasteiger partial charge in [-0.25, -0.2) is 0 Å². The van der Waals surface area contributed by atoms with E-state index in [-0.39, 0.29) is 18.2 Å². The molecule has 8 heteroatoms. The number of carbonyl (C=O) groups is 2. The van der Waals surface area contributed by atoms with Gasteiger partial charge < -0.3 is 14.3 Å². The highest BCUT2D eigenvalue weighted by Gasteiger charge is 2.35. The Labute approximate surface area is 198 Å². The number of hydrogen-bond donors (Lipinski definition) is 0. The minimum Gasteiger partial charge on any atom is -0.339 e. The van der Waals surface area contributed by atoms with Crippen molar-refractivity contribution in [3.8, 4) is 11.4 Å². The van der Waals surface area contributed by atoms with Crippen LogP contribution in [-0.4, -0.2) is 57.9 Å². The third kappa shape index (κ3) is 5.25. The number of halogens is 1. The van der Waals surface area contributed by atoms with Gasteiger partial charge in [-0.15, -0.1) is 0 Å². The van der Waals surface area contributed by atoms with Gasteiger partial charge >= 0.3 is 0 Å². The molecular formula is C25H27ClN4O3. The molecule has 3 aromatic rings. The number of carbonyl (C=O) groups excluding carboxylic acids is 2. The summed E-state index contributed by atoms with van der Waals surface area (Å²) in [4.78, 5) is 33.9. The Balaban J connectivity index is 1.28. The van der Waals surface area contributed by atoms with Crippen molar-refractivity contribution in [2.45, 2.75) is 32.1 Å². The maximum Gasteiger partial charge on any atom is 0.232 e. The van der Waals surface area contributed by atoms with Crippen molar-refractivity contribution < 1.29 is 14.1 Å². The predicted octanol–water partition coefficient (Wildman–Crippen LogP) is 3.97. The average Bonchev–Trinajstić information content (AvgIpc) is 3.32. The van der Waals surface area contributed by atoms with E-state index < -0.39 is 5.41 Å². The first-order chi connectivity index (χ1) is 15.8. The molecule has 2 aromatic carbocycles. The van der Waals surface area contributed by atoms with Gasteiger partial charge in [-0.05, 0) is 43.7 Å². The molecule has 0 spiro atoms. The van der Waals surface area contributed by atoms with Crippen molar-refractivity contribution in [2.75, 3.05) is 26.2 Å². The largest absolute Gasteiger partial charge is 0.339 e. The lowest BCUT2D eigenvalue weighted by Crippen LogP contribution is -2.54. The molecule has 1 aromatic heterocycles. The van der Waals surface area contributed by atoms with E-state index in [0.29, 0.717) is 49.3 Å². The summed E-state index contributed by atoms with van der Waals surface area (Å²) < 4.78 is 5.30. The maximum absolute atomic E-state index is 13.1. The van der Waals surface area contributed by atoms with Crippen molar-refractivity contribution >= 4 is 23.4 Å². The van der Waals surface area contributed by atoms with Gasteiger partial charge in [0.15, 0.2) is 0 Å². The quantitative estimate of drug-likeness (QED) is 0.549. The van der Waals surface area contributed by atoms with E-state index in [1.807, 2.05) is 61.2 Å². The Morgan fingerprint density at radius 2 is 1.61 bits per heavy atom. The van der Waals surface area contributed by atoms with Crippen LogP contribution in [0.2, 0.25) is 5.02 Å². The summed E-state index contributed by atoms with van der Waals surface area (Å²) >= 11 is 5.91. The van der Waals surface area contributed by atoms with Gasteiger partial charge in [-0.2, -0.15) is 4.98 Å². The van der Waals surface area contributed by atoms with Gasteiger partial charge in [-0.3, -0.25) is 9.59 Å². The van der Waals surface area contributed by atoms with E-state index in [9.17, 15) is 9.59 Å². The Kier molecular flexibility index (Phi) is 6.79. The molecule has 1 aliphatic rings. The van der Waals surface area contributed by atoms with Crippen molar-refractivity contribution in [3.63, 3.8) is 0 Å². The zero-order chi connectivity index (χ0) is 23.4. The zero-order valence-corrected chi connectivity index (χ0v) is 19.6. The van der Waals surface area contributed by atoms with Gasteiger partial charge in [0.25, 0.3) is 0 Å². The van der Waals surface area contributed by atoms with Crippen LogP contribution in [0.15, 0.2) is 59.1 Å². The Hall–Kier alpha value is -3.19. The average molecular weight is 467 g/mol. The SMILES string of the molecule is CC(C)(C(=O)N1CCN(C(=O)CCc2nc(-c3ccc(Cl)cc3)no2)CC1)c1ccccc1. The van der Waals surface area contributed by atoms with E-state index in [4.69, 9.17) is 16.1 Å². The highest BCUT2D eigenvalue weighted by Crippen LogP contribution is 2.26. The lowest BCUT2D eigenvalue weighted by molar-refractivity contribution is -0.142. The first kappa shape index (κ1) is 23.0. The third-order valence-corrected chi connectivity index (χ3v) is 6.32. The molecule has 1 saturated heterocycles. The molecule has 2 heterocycles. The van der Waals surface area contributed by atoms with Gasteiger partial charge in [0.1, 0.15) is 0 Å². The maximum atomic E-state index is 13.1. The second-order valence-corrected chi connectivity index (χ2v) is 9.12. The van der Waals surface area contributed by atoms with Crippen molar-refractivity contribution in [1.82, 2.24) is 19.9 Å². The van der Waals surface area contributed by atoms with E-state index >= 15 is 0 Å². The molecule has 0 bridgehead atoms. The summed E-state index contributed by atoms with van der Waals surface area (Å²) in [7, 11) is 0. The standard InChI is InChI=1S/C25H27ClN4O3/c1-25(2,19-6-4-3-5-7-19)24(32)30-16-14-29(15-17-30)22(31)13-12-21-27-23(28-33-21)18-8-10-20(26)11-9-18/h3-11H,12-17H2,1-2H3. The van der Waals surface area contributed by atoms with E-state index in [1.165, 1.54) is 0 Å². The number of aromatic nitrogens is 2. The molecule has 172 valence electrons. The van der Waals surface area contributed by atoms with Gasteiger partial charge in [0.05, 0.1) is 5.41 Å². The van der Waals surface area contributed by atoms with Crippen LogP contribution in [0.3, 0.4) is 0 Å². The number of hydrogen-bond acceptors (Lipinski definition) is 5. The molecule has 1 fully saturated rings. The van der Waals surface area contributed by atoms with Crippen molar-refractivity contribution in [3.05, 3.63) is 71.1 Å². The van der Waals surface area contributed by atoms with E-state index in [1.54, 1.807) is 17.0 Å². The van der Waals surface area contributed by atoms with Crippen LogP contribution < -0.4 is 0 Å². The topological polar surface area (TPSA) is 79.5 Å². The fourth-order valence-corrected chi connectivity index (χ4v) is 4.10. The summed E-state index contributed by atoms with van der Waals surface area (Å²) in [6.07, 6.45) is 0.658. The van der Waals surface area contributed by atoms with Crippen LogP contribution in [0.1, 0.15) is 31.7 Å². The van der Waals surface area contributed by atoms with E-state index in [0.717, 1.165) is 11.1 Å².